The topological polar surface area (TPSA) is 73.7 Å². The second kappa shape index (κ2) is 6.97. The van der Waals surface area contributed by atoms with Crippen LogP contribution in [0.3, 0.4) is 0 Å². The molecule has 0 atom stereocenters. The summed E-state index contributed by atoms with van der Waals surface area (Å²) in [5, 5.41) is 0. The van der Waals surface area contributed by atoms with Crippen LogP contribution >= 0.6 is 0 Å². The van der Waals surface area contributed by atoms with E-state index in [4.69, 9.17) is 9.47 Å². The lowest BCUT2D eigenvalue weighted by Crippen LogP contribution is -2.34. The molecule has 2 aromatic rings. The van der Waals surface area contributed by atoms with Crippen molar-refractivity contribution in [1.29, 1.82) is 0 Å². The molecule has 142 valence electrons. The maximum atomic E-state index is 12.3. The minimum absolute atomic E-state index is 0.308. The summed E-state index contributed by atoms with van der Waals surface area (Å²) in [6.07, 6.45) is 0.770. The fourth-order valence-electron chi connectivity index (χ4n) is 2.27. The fourth-order valence-corrected chi connectivity index (χ4v) is 2.27. The van der Waals surface area contributed by atoms with Crippen LogP contribution in [0.5, 0.6) is 0 Å². The predicted octanol–water partition coefficient (Wildman–Crippen LogP) is 4.19. The molecule has 0 saturated carbocycles. The second-order valence-corrected chi connectivity index (χ2v) is 8.21. The lowest BCUT2D eigenvalue weighted by Gasteiger charge is -2.24. The number of ether oxygens (including phenoxy) is 2. The van der Waals surface area contributed by atoms with E-state index >= 15 is 0 Å². The van der Waals surface area contributed by atoms with Crippen LogP contribution in [-0.4, -0.2) is 44.9 Å². The highest BCUT2D eigenvalue weighted by atomic mass is 16.6. The largest absolute Gasteiger partial charge is 0.444 e. The number of carbonyl (C=O) groups excluding carboxylic acids is 2. The Morgan fingerprint density at radius 3 is 2.23 bits per heavy atom. The molecule has 7 heteroatoms. The van der Waals surface area contributed by atoms with Gasteiger partial charge in [0.2, 0.25) is 0 Å². The van der Waals surface area contributed by atoms with Gasteiger partial charge in [0, 0.05) is 13.2 Å². The Bertz CT molecular complexity index is 812. The van der Waals surface area contributed by atoms with Gasteiger partial charge in [-0.05, 0) is 59.7 Å². The van der Waals surface area contributed by atoms with Crippen LogP contribution in [0.2, 0.25) is 0 Å². The summed E-state index contributed by atoms with van der Waals surface area (Å²) in [6, 6.07) is 5.32. The second-order valence-electron chi connectivity index (χ2n) is 8.21. The predicted molar refractivity (Wildman–Crippen MR) is 99.1 cm³/mol. The maximum absolute atomic E-state index is 12.3. The zero-order valence-corrected chi connectivity index (χ0v) is 16.5. The van der Waals surface area contributed by atoms with Crippen LogP contribution in [0.25, 0.3) is 11.0 Å². The Balaban J connectivity index is 2.15. The van der Waals surface area contributed by atoms with Gasteiger partial charge in [-0.3, -0.25) is 4.57 Å². The van der Waals surface area contributed by atoms with Crippen molar-refractivity contribution in [3.05, 3.63) is 30.1 Å². The summed E-state index contributed by atoms with van der Waals surface area (Å²) >= 11 is 0. The first kappa shape index (κ1) is 19.8. The lowest BCUT2D eigenvalue weighted by molar-refractivity contribution is 0.0283. The molecule has 0 bridgehead atoms. The number of hydrogen-bond acceptors (Lipinski definition) is 5. The fraction of sp³-hybridized carbons (Fsp3) is 0.526. The van der Waals surface area contributed by atoms with Gasteiger partial charge < -0.3 is 14.4 Å². The van der Waals surface area contributed by atoms with Gasteiger partial charge in [0.05, 0.1) is 23.3 Å². The number of carbonyl (C=O) groups is 2. The molecule has 2 rings (SSSR count). The SMILES string of the molecule is CN(Cc1ccc2c(ccn2C(=O)OC(C)(C)C)n1)C(=O)OC(C)(C)C. The Labute approximate surface area is 153 Å². The van der Waals surface area contributed by atoms with E-state index in [9.17, 15) is 9.59 Å². The van der Waals surface area contributed by atoms with Crippen molar-refractivity contribution in [3.63, 3.8) is 0 Å². The zero-order chi connectivity index (χ0) is 19.7. The third-order valence-electron chi connectivity index (χ3n) is 3.30. The molecular weight excluding hydrogens is 334 g/mol. The quantitative estimate of drug-likeness (QED) is 0.802. The van der Waals surface area contributed by atoms with Gasteiger partial charge in [-0.1, -0.05) is 0 Å². The van der Waals surface area contributed by atoms with Crippen molar-refractivity contribution in [2.24, 2.45) is 0 Å². The summed E-state index contributed by atoms with van der Waals surface area (Å²) in [5.74, 6) is 0. The van der Waals surface area contributed by atoms with Crippen LogP contribution in [0.4, 0.5) is 9.59 Å². The van der Waals surface area contributed by atoms with Gasteiger partial charge in [0.15, 0.2) is 0 Å². The number of aromatic nitrogens is 2. The van der Waals surface area contributed by atoms with Gasteiger partial charge >= 0.3 is 12.2 Å². The normalized spacial score (nSPS) is 12.1. The zero-order valence-electron chi connectivity index (χ0n) is 16.5. The first-order valence-corrected chi connectivity index (χ1v) is 8.50. The van der Waals surface area contributed by atoms with Gasteiger partial charge in [0.1, 0.15) is 11.2 Å². The Morgan fingerprint density at radius 1 is 1.04 bits per heavy atom. The van der Waals surface area contributed by atoms with Crippen LogP contribution < -0.4 is 0 Å². The Morgan fingerprint density at radius 2 is 1.65 bits per heavy atom. The van der Waals surface area contributed by atoms with Crippen molar-refractivity contribution in [2.45, 2.75) is 59.3 Å². The number of pyridine rings is 1. The molecule has 0 spiro atoms. The lowest BCUT2D eigenvalue weighted by atomic mass is 10.2. The average Bonchev–Trinajstić information content (AvgIpc) is 2.86. The molecule has 0 N–H and O–H groups in total. The Hall–Kier alpha value is -2.57. The summed E-state index contributed by atoms with van der Waals surface area (Å²) in [5.41, 5.74) is 0.895. The summed E-state index contributed by atoms with van der Waals surface area (Å²) < 4.78 is 12.2. The molecule has 7 nitrogen and oxygen atoms in total. The number of hydrogen-bond donors (Lipinski definition) is 0. The Kier molecular flexibility index (Phi) is 5.30. The van der Waals surface area contributed by atoms with Crippen LogP contribution in [0.1, 0.15) is 47.2 Å². The van der Waals surface area contributed by atoms with E-state index in [1.165, 1.54) is 9.47 Å². The maximum Gasteiger partial charge on any atom is 0.419 e. The molecule has 0 aliphatic carbocycles. The van der Waals surface area contributed by atoms with E-state index in [1.807, 2.05) is 41.5 Å². The van der Waals surface area contributed by atoms with E-state index in [0.29, 0.717) is 23.3 Å². The average molecular weight is 361 g/mol. The first-order chi connectivity index (χ1) is 11.9. The molecule has 1 amide bonds. The highest BCUT2D eigenvalue weighted by Crippen LogP contribution is 2.18. The smallest absolute Gasteiger partial charge is 0.419 e. The van der Waals surface area contributed by atoms with Gasteiger partial charge in [-0.15, -0.1) is 0 Å². The van der Waals surface area contributed by atoms with Crippen molar-refractivity contribution >= 4 is 23.2 Å². The molecular formula is C19H27N3O4. The van der Waals surface area contributed by atoms with Crippen LogP contribution in [0, 0.1) is 0 Å². The third kappa shape index (κ3) is 5.21. The first-order valence-electron chi connectivity index (χ1n) is 8.50. The van der Waals surface area contributed by atoms with Crippen molar-refractivity contribution in [3.8, 4) is 0 Å². The van der Waals surface area contributed by atoms with Crippen LogP contribution in [-0.2, 0) is 16.0 Å². The van der Waals surface area contributed by atoms with E-state index in [-0.39, 0.29) is 0 Å². The van der Waals surface area contributed by atoms with Gasteiger partial charge in [-0.2, -0.15) is 0 Å². The highest BCUT2D eigenvalue weighted by molar-refractivity contribution is 5.87. The monoisotopic (exact) mass is 361 g/mol. The molecule has 0 saturated heterocycles. The summed E-state index contributed by atoms with van der Waals surface area (Å²) in [7, 11) is 1.66. The standard InChI is InChI=1S/C19H27N3O4/c1-18(2,3)25-16(23)21(7)12-13-8-9-15-14(20-13)10-11-22(15)17(24)26-19(4,5)6/h8-11H,12H2,1-7H3. The molecule has 26 heavy (non-hydrogen) atoms. The van der Waals surface area contributed by atoms with E-state index < -0.39 is 23.4 Å². The summed E-state index contributed by atoms with van der Waals surface area (Å²) in [6.45, 7) is 11.2. The van der Waals surface area contributed by atoms with Crippen molar-refractivity contribution in [2.75, 3.05) is 7.05 Å². The molecule has 0 unspecified atom stereocenters. The number of nitrogens with zero attached hydrogens (tertiary/aromatic N) is 3. The molecule has 0 radical (unpaired) electrons. The van der Waals surface area contributed by atoms with Gasteiger partial charge in [-0.25, -0.2) is 14.6 Å². The summed E-state index contributed by atoms with van der Waals surface area (Å²) in [4.78, 5) is 30.3. The van der Waals surface area contributed by atoms with E-state index in [0.717, 1.165) is 0 Å². The third-order valence-corrected chi connectivity index (χ3v) is 3.30. The number of fused-ring (bicyclic) bond motifs is 1. The molecule has 2 heterocycles. The van der Waals surface area contributed by atoms with Gasteiger partial charge in [0.25, 0.3) is 0 Å². The molecule has 2 aromatic heterocycles. The number of rotatable bonds is 2. The molecule has 0 aromatic carbocycles. The minimum Gasteiger partial charge on any atom is -0.444 e. The molecule has 0 aliphatic rings. The molecule has 0 aliphatic heterocycles. The van der Waals surface area contributed by atoms with E-state index in [2.05, 4.69) is 4.98 Å². The van der Waals surface area contributed by atoms with Crippen LogP contribution in [0.15, 0.2) is 24.4 Å². The molecule has 0 fully saturated rings. The van der Waals surface area contributed by atoms with Crippen molar-refractivity contribution < 1.29 is 19.1 Å². The highest BCUT2D eigenvalue weighted by Gasteiger charge is 2.21. The number of amides is 1. The van der Waals surface area contributed by atoms with Crippen molar-refractivity contribution in [1.82, 2.24) is 14.5 Å². The van der Waals surface area contributed by atoms with E-state index in [1.54, 1.807) is 31.4 Å². The minimum atomic E-state index is -0.572.